The predicted molar refractivity (Wildman–Crippen MR) is 245 cm³/mol. The summed E-state index contributed by atoms with van der Waals surface area (Å²) < 4.78 is 13.6. The third kappa shape index (κ3) is 5.27. The van der Waals surface area contributed by atoms with E-state index in [-0.39, 0.29) is 5.92 Å². The molecule has 2 nitrogen and oxygen atoms in total. The second-order valence-corrected chi connectivity index (χ2v) is 16.2. The van der Waals surface area contributed by atoms with Crippen molar-refractivity contribution in [3.63, 3.8) is 0 Å². The standard InChI is InChI=1S/C58H40O2/c1-2-15-38(16-3-1)39-31-33-40(34-32-39)44(36-35-41-17-13-24-49-48-22-6-10-29-54(48)59-56(41)49)42-18-12-19-43(37-42)45-23-14-28-53-57(45)60-55-30-11-9-27-52(55)58(53)50-25-7-4-20-46(50)47-21-5-8-26-51(47)58/h1-34,37,44H,35-36H2. The molecule has 0 N–H and O–H groups in total. The Labute approximate surface area is 350 Å². The first-order valence-electron chi connectivity index (χ1n) is 21.0. The van der Waals surface area contributed by atoms with E-state index in [1.807, 2.05) is 6.07 Å². The molecule has 0 saturated carbocycles. The molecule has 0 amide bonds. The van der Waals surface area contributed by atoms with Gasteiger partial charge >= 0.3 is 0 Å². The van der Waals surface area contributed by atoms with E-state index in [4.69, 9.17) is 9.15 Å². The monoisotopic (exact) mass is 768 g/mol. The van der Waals surface area contributed by atoms with Crippen LogP contribution >= 0.6 is 0 Å². The highest BCUT2D eigenvalue weighted by molar-refractivity contribution is 6.05. The van der Waals surface area contributed by atoms with Crippen LogP contribution in [0.4, 0.5) is 0 Å². The Kier molecular flexibility index (Phi) is 7.99. The Balaban J connectivity index is 0.991. The molecule has 0 fully saturated rings. The quantitative estimate of drug-likeness (QED) is 0.161. The lowest BCUT2D eigenvalue weighted by molar-refractivity contribution is 0.438. The Morgan fingerprint density at radius 2 is 1.02 bits per heavy atom. The molecule has 1 spiro atoms. The summed E-state index contributed by atoms with van der Waals surface area (Å²) in [7, 11) is 0. The van der Waals surface area contributed by atoms with E-state index in [1.165, 1.54) is 66.6 Å². The van der Waals surface area contributed by atoms with Gasteiger partial charge in [0.05, 0.1) is 5.41 Å². The Hall–Kier alpha value is -7.42. The fraction of sp³-hybridized carbons (Fsp3) is 0.0690. The van der Waals surface area contributed by atoms with Crippen molar-refractivity contribution in [3.8, 4) is 44.9 Å². The summed E-state index contributed by atoms with van der Waals surface area (Å²) in [6.07, 6.45) is 1.78. The molecular formula is C58H40O2. The molecule has 9 aromatic carbocycles. The summed E-state index contributed by atoms with van der Waals surface area (Å²) in [6.45, 7) is 0. The minimum atomic E-state index is -0.508. The molecule has 0 saturated heterocycles. The minimum Gasteiger partial charge on any atom is -0.456 e. The third-order valence-electron chi connectivity index (χ3n) is 13.1. The lowest BCUT2D eigenvalue weighted by Gasteiger charge is -2.40. The van der Waals surface area contributed by atoms with Crippen molar-refractivity contribution in [3.05, 3.63) is 251 Å². The van der Waals surface area contributed by atoms with Gasteiger partial charge in [-0.3, -0.25) is 0 Å². The van der Waals surface area contributed by atoms with Gasteiger partial charge in [0, 0.05) is 33.4 Å². The van der Waals surface area contributed by atoms with Gasteiger partial charge in [-0.1, -0.05) is 200 Å². The highest BCUT2D eigenvalue weighted by atomic mass is 16.5. The molecule has 1 unspecified atom stereocenters. The first-order valence-corrected chi connectivity index (χ1v) is 21.0. The SMILES string of the molecule is c1ccc(-c2ccc(C(CCc3cccc4c3oc3ccccc34)c3cccc(-c4cccc5c4Oc4ccccc4C54c5ccccc5-c5ccccc54)c3)cc2)cc1. The molecule has 1 aliphatic heterocycles. The maximum absolute atomic E-state index is 7.08. The molecule has 2 aliphatic rings. The average molecular weight is 769 g/mol. The summed E-state index contributed by atoms with van der Waals surface area (Å²) in [5, 5.41) is 2.34. The van der Waals surface area contributed by atoms with Crippen molar-refractivity contribution in [2.75, 3.05) is 0 Å². The first kappa shape index (κ1) is 34.6. The number of aryl methyl sites for hydroxylation is 1. The highest BCUT2D eigenvalue weighted by Gasteiger charge is 2.51. The van der Waals surface area contributed by atoms with Crippen LogP contribution in [-0.2, 0) is 11.8 Å². The fourth-order valence-electron chi connectivity index (χ4n) is 10.4. The Morgan fingerprint density at radius 1 is 0.417 bits per heavy atom. The van der Waals surface area contributed by atoms with E-state index in [0.717, 1.165) is 52.0 Å². The number of furan rings is 1. The van der Waals surface area contributed by atoms with Crippen molar-refractivity contribution >= 4 is 21.9 Å². The molecule has 0 radical (unpaired) electrons. The van der Waals surface area contributed by atoms with Crippen LogP contribution in [0, 0.1) is 0 Å². The van der Waals surface area contributed by atoms with Crippen LogP contribution in [0.1, 0.15) is 51.3 Å². The number of ether oxygens (including phenoxy) is 1. The van der Waals surface area contributed by atoms with Crippen LogP contribution in [-0.4, -0.2) is 0 Å². The third-order valence-corrected chi connectivity index (χ3v) is 13.1. The number of hydrogen-bond donors (Lipinski definition) is 0. The zero-order valence-electron chi connectivity index (χ0n) is 33.0. The lowest BCUT2D eigenvalue weighted by atomic mass is 9.65. The average Bonchev–Trinajstić information content (AvgIpc) is 3.84. The maximum atomic E-state index is 7.08. The van der Waals surface area contributed by atoms with E-state index in [1.54, 1.807) is 0 Å². The van der Waals surface area contributed by atoms with Gasteiger partial charge in [-0.25, -0.2) is 0 Å². The largest absolute Gasteiger partial charge is 0.456 e. The molecule has 2 heteroatoms. The van der Waals surface area contributed by atoms with Crippen LogP contribution in [0.5, 0.6) is 11.5 Å². The van der Waals surface area contributed by atoms with E-state index >= 15 is 0 Å². The maximum Gasteiger partial charge on any atom is 0.140 e. The van der Waals surface area contributed by atoms with E-state index in [9.17, 15) is 0 Å². The molecule has 60 heavy (non-hydrogen) atoms. The van der Waals surface area contributed by atoms with E-state index in [2.05, 4.69) is 206 Å². The van der Waals surface area contributed by atoms with Crippen LogP contribution in [0.15, 0.2) is 217 Å². The summed E-state index contributed by atoms with van der Waals surface area (Å²) >= 11 is 0. The van der Waals surface area contributed by atoms with Crippen LogP contribution in [0.25, 0.3) is 55.3 Å². The molecule has 2 heterocycles. The van der Waals surface area contributed by atoms with E-state index in [0.29, 0.717) is 0 Å². The van der Waals surface area contributed by atoms with Gasteiger partial charge < -0.3 is 9.15 Å². The van der Waals surface area contributed by atoms with Gasteiger partial charge in [-0.2, -0.15) is 0 Å². The topological polar surface area (TPSA) is 22.4 Å². The van der Waals surface area contributed by atoms with Crippen LogP contribution in [0.2, 0.25) is 0 Å². The summed E-state index contributed by atoms with van der Waals surface area (Å²) in [5.41, 5.74) is 17.4. The molecule has 12 rings (SSSR count). The first-order chi connectivity index (χ1) is 29.8. The van der Waals surface area contributed by atoms with Crippen LogP contribution in [0.3, 0.4) is 0 Å². The number of hydrogen-bond acceptors (Lipinski definition) is 2. The van der Waals surface area contributed by atoms with Gasteiger partial charge in [0.25, 0.3) is 0 Å². The number of rotatable bonds is 7. The van der Waals surface area contributed by atoms with Crippen molar-refractivity contribution in [2.24, 2.45) is 0 Å². The molecule has 1 atom stereocenters. The van der Waals surface area contributed by atoms with Gasteiger partial charge in [0.15, 0.2) is 0 Å². The zero-order valence-corrected chi connectivity index (χ0v) is 33.0. The lowest BCUT2D eigenvalue weighted by Crippen LogP contribution is -2.32. The second-order valence-electron chi connectivity index (χ2n) is 16.2. The number of para-hydroxylation sites is 4. The van der Waals surface area contributed by atoms with E-state index < -0.39 is 5.41 Å². The predicted octanol–water partition coefficient (Wildman–Crippen LogP) is 15.2. The highest BCUT2D eigenvalue weighted by Crippen LogP contribution is 2.63. The molecule has 1 aliphatic carbocycles. The molecule has 10 aromatic rings. The van der Waals surface area contributed by atoms with Gasteiger partial charge in [-0.15, -0.1) is 0 Å². The van der Waals surface area contributed by atoms with Crippen molar-refractivity contribution in [1.82, 2.24) is 0 Å². The van der Waals surface area contributed by atoms with Gasteiger partial charge in [-0.05, 0) is 80.6 Å². The Bertz CT molecular complexity index is 3200. The normalized spacial score (nSPS) is 13.7. The Morgan fingerprint density at radius 3 is 1.83 bits per heavy atom. The number of fused-ring (bicyclic) bond motifs is 12. The second kappa shape index (κ2) is 13.9. The molecular weight excluding hydrogens is 729 g/mol. The summed E-state index contributed by atoms with van der Waals surface area (Å²) in [5.74, 6) is 1.95. The van der Waals surface area contributed by atoms with Gasteiger partial charge in [0.1, 0.15) is 22.7 Å². The molecule has 284 valence electrons. The molecule has 0 bridgehead atoms. The van der Waals surface area contributed by atoms with Crippen molar-refractivity contribution in [1.29, 1.82) is 0 Å². The fourth-order valence-corrected chi connectivity index (χ4v) is 10.4. The minimum absolute atomic E-state index is 0.135. The summed E-state index contributed by atoms with van der Waals surface area (Å²) in [6, 6.07) is 77.2. The van der Waals surface area contributed by atoms with Gasteiger partial charge in [0.2, 0.25) is 0 Å². The van der Waals surface area contributed by atoms with Crippen LogP contribution < -0.4 is 4.74 Å². The van der Waals surface area contributed by atoms with Crippen molar-refractivity contribution in [2.45, 2.75) is 24.2 Å². The van der Waals surface area contributed by atoms with Crippen molar-refractivity contribution < 1.29 is 9.15 Å². The smallest absolute Gasteiger partial charge is 0.140 e. The number of benzene rings is 9. The molecule has 1 aromatic heterocycles. The summed E-state index contributed by atoms with van der Waals surface area (Å²) in [4.78, 5) is 0. The zero-order chi connectivity index (χ0) is 39.6.